The number of carbonyl (C=O) groups is 1. The molecule has 1 unspecified atom stereocenters. The number of benzene rings is 1. The summed E-state index contributed by atoms with van der Waals surface area (Å²) >= 11 is 0. The topological polar surface area (TPSA) is 65.7 Å². The largest absolute Gasteiger partial charge is 0.479 e. The van der Waals surface area contributed by atoms with Crippen LogP contribution in [0, 0.1) is 13.8 Å². The van der Waals surface area contributed by atoms with Crippen LogP contribution >= 0.6 is 0 Å². The third kappa shape index (κ3) is 3.23. The van der Waals surface area contributed by atoms with E-state index in [0.717, 1.165) is 10.9 Å². The molecule has 0 radical (unpaired) electrons. The first-order valence-corrected chi connectivity index (χ1v) is 7.79. The van der Waals surface area contributed by atoms with E-state index < -0.39 is 12.1 Å². The molecule has 1 atom stereocenters. The van der Waals surface area contributed by atoms with E-state index in [2.05, 4.69) is 0 Å². The van der Waals surface area contributed by atoms with Crippen molar-refractivity contribution in [2.45, 2.75) is 47.1 Å². The molecule has 0 aliphatic heterocycles. The Labute approximate surface area is 135 Å². The zero-order chi connectivity index (χ0) is 17.1. The van der Waals surface area contributed by atoms with Gasteiger partial charge in [0.05, 0.1) is 6.61 Å². The Kier molecular flexibility index (Phi) is 5.08. The van der Waals surface area contributed by atoms with Crippen LogP contribution in [0.2, 0.25) is 0 Å². The van der Waals surface area contributed by atoms with Gasteiger partial charge in [-0.25, -0.2) is 9.59 Å². The van der Waals surface area contributed by atoms with Gasteiger partial charge in [-0.2, -0.15) is 0 Å². The molecule has 0 fully saturated rings. The van der Waals surface area contributed by atoms with Gasteiger partial charge in [0, 0.05) is 16.5 Å². The molecule has 1 aromatic heterocycles. The second kappa shape index (κ2) is 6.86. The molecule has 2 rings (SSSR count). The fraction of sp³-hybridized carbons (Fsp3) is 0.444. The second-order valence-corrected chi connectivity index (χ2v) is 5.42. The first kappa shape index (κ1) is 17.1. The van der Waals surface area contributed by atoms with Gasteiger partial charge in [0.25, 0.3) is 0 Å². The minimum Gasteiger partial charge on any atom is -0.479 e. The minimum absolute atomic E-state index is 0.303. The van der Waals surface area contributed by atoms with E-state index in [1.165, 1.54) is 0 Å². The monoisotopic (exact) mass is 318 g/mol. The van der Waals surface area contributed by atoms with E-state index in [9.17, 15) is 9.59 Å². The molecule has 0 bridgehead atoms. The summed E-state index contributed by atoms with van der Waals surface area (Å²) < 4.78 is 16.1. The smallest absolute Gasteiger partial charge is 0.347 e. The van der Waals surface area contributed by atoms with Crippen molar-refractivity contribution in [3.05, 3.63) is 39.2 Å². The molecule has 0 amide bonds. The van der Waals surface area contributed by atoms with Gasteiger partial charge in [-0.05, 0) is 51.8 Å². The number of hydrogen-bond acceptors (Lipinski definition) is 5. The van der Waals surface area contributed by atoms with Gasteiger partial charge in [0.15, 0.2) is 6.10 Å². The highest BCUT2D eigenvalue weighted by molar-refractivity contribution is 5.85. The molecule has 0 saturated heterocycles. The molecule has 5 nitrogen and oxygen atoms in total. The van der Waals surface area contributed by atoms with Gasteiger partial charge < -0.3 is 13.9 Å². The highest BCUT2D eigenvalue weighted by Gasteiger charge is 2.19. The molecule has 0 aliphatic carbocycles. The van der Waals surface area contributed by atoms with E-state index >= 15 is 0 Å². The summed E-state index contributed by atoms with van der Waals surface area (Å²) in [7, 11) is 0. The summed E-state index contributed by atoms with van der Waals surface area (Å²) in [6, 6.07) is 3.65. The third-order valence-electron chi connectivity index (χ3n) is 3.93. The summed E-state index contributed by atoms with van der Waals surface area (Å²) in [5.41, 5.74) is 2.48. The number of ether oxygens (including phenoxy) is 2. The summed E-state index contributed by atoms with van der Waals surface area (Å²) in [6.45, 7) is 9.33. The lowest BCUT2D eigenvalue weighted by atomic mass is 10.0. The Balaban J connectivity index is 2.47. The molecule has 1 heterocycles. The first-order valence-electron chi connectivity index (χ1n) is 7.79. The Morgan fingerprint density at radius 2 is 1.91 bits per heavy atom. The highest BCUT2D eigenvalue weighted by atomic mass is 16.6. The normalized spacial score (nSPS) is 12.2. The molecule has 0 aliphatic rings. The number of fused-ring (bicyclic) bond motifs is 1. The van der Waals surface area contributed by atoms with Crippen molar-refractivity contribution >= 4 is 16.9 Å². The summed E-state index contributed by atoms with van der Waals surface area (Å²) in [5.74, 6) is 0.0795. The Morgan fingerprint density at radius 1 is 1.22 bits per heavy atom. The molecular formula is C18H22O5. The lowest BCUT2D eigenvalue weighted by molar-refractivity contribution is -0.150. The van der Waals surface area contributed by atoms with Crippen molar-refractivity contribution in [2.24, 2.45) is 0 Å². The van der Waals surface area contributed by atoms with Gasteiger partial charge in [-0.3, -0.25) is 0 Å². The number of carbonyl (C=O) groups excluding carboxylic acids is 1. The number of hydrogen-bond donors (Lipinski definition) is 0. The maximum Gasteiger partial charge on any atom is 0.347 e. The molecule has 0 N–H and O–H groups in total. The maximum absolute atomic E-state index is 12.1. The molecule has 124 valence electrons. The zero-order valence-corrected chi connectivity index (χ0v) is 14.2. The van der Waals surface area contributed by atoms with Crippen molar-refractivity contribution in [3.63, 3.8) is 0 Å². The lowest BCUT2D eigenvalue weighted by Gasteiger charge is -2.16. The average Bonchev–Trinajstić information content (AvgIpc) is 2.51. The number of esters is 1. The van der Waals surface area contributed by atoms with E-state index in [1.807, 2.05) is 26.8 Å². The lowest BCUT2D eigenvalue weighted by Crippen LogP contribution is -2.26. The SMILES string of the molecule is CCOC(=O)C(C)Oc1ccc2c(C)c(CC)c(=O)oc2c1C. The average molecular weight is 318 g/mol. The van der Waals surface area contributed by atoms with Crippen LogP contribution in [0.5, 0.6) is 5.75 Å². The maximum atomic E-state index is 12.1. The van der Waals surface area contributed by atoms with Crippen LogP contribution in [0.1, 0.15) is 37.5 Å². The molecule has 0 saturated carbocycles. The summed E-state index contributed by atoms with van der Waals surface area (Å²) in [5, 5.41) is 0.884. The van der Waals surface area contributed by atoms with Crippen LogP contribution < -0.4 is 10.4 Å². The third-order valence-corrected chi connectivity index (χ3v) is 3.93. The van der Waals surface area contributed by atoms with E-state index in [-0.39, 0.29) is 5.63 Å². The predicted octanol–water partition coefficient (Wildman–Crippen LogP) is 3.30. The van der Waals surface area contributed by atoms with Crippen LogP contribution in [0.3, 0.4) is 0 Å². The van der Waals surface area contributed by atoms with Crippen LogP contribution in [0.15, 0.2) is 21.3 Å². The standard InChI is InChI=1S/C18H22O5/c1-6-13-10(3)14-8-9-15(11(4)16(14)23-18(13)20)22-12(5)17(19)21-7-2/h8-9,12H,6-7H2,1-5H3. The van der Waals surface area contributed by atoms with Crippen LogP contribution in [-0.4, -0.2) is 18.7 Å². The fourth-order valence-electron chi connectivity index (χ4n) is 2.61. The fourth-order valence-corrected chi connectivity index (χ4v) is 2.61. The van der Waals surface area contributed by atoms with Crippen LogP contribution in [0.25, 0.3) is 11.0 Å². The molecule has 2 aromatic rings. The van der Waals surface area contributed by atoms with Gasteiger partial charge in [0.1, 0.15) is 11.3 Å². The van der Waals surface area contributed by atoms with Crippen molar-refractivity contribution < 1.29 is 18.7 Å². The van der Waals surface area contributed by atoms with Crippen LogP contribution in [0.4, 0.5) is 0 Å². The molecule has 5 heteroatoms. The van der Waals surface area contributed by atoms with Crippen molar-refractivity contribution in [1.82, 2.24) is 0 Å². The Hall–Kier alpha value is -2.30. The van der Waals surface area contributed by atoms with Crippen molar-refractivity contribution in [3.8, 4) is 5.75 Å². The second-order valence-electron chi connectivity index (χ2n) is 5.42. The highest BCUT2D eigenvalue weighted by Crippen LogP contribution is 2.30. The Bertz CT molecular complexity index is 788. The van der Waals surface area contributed by atoms with E-state index in [4.69, 9.17) is 13.9 Å². The summed E-state index contributed by atoms with van der Waals surface area (Å²) in [4.78, 5) is 23.8. The number of rotatable bonds is 5. The van der Waals surface area contributed by atoms with Gasteiger partial charge in [-0.1, -0.05) is 6.92 Å². The zero-order valence-electron chi connectivity index (χ0n) is 14.2. The predicted molar refractivity (Wildman–Crippen MR) is 88.1 cm³/mol. The quantitative estimate of drug-likeness (QED) is 0.625. The van der Waals surface area contributed by atoms with Gasteiger partial charge >= 0.3 is 11.6 Å². The minimum atomic E-state index is -0.728. The number of aryl methyl sites for hydroxylation is 2. The molecule has 1 aromatic carbocycles. The molecular weight excluding hydrogens is 296 g/mol. The van der Waals surface area contributed by atoms with E-state index in [1.54, 1.807) is 19.9 Å². The van der Waals surface area contributed by atoms with Gasteiger partial charge in [-0.15, -0.1) is 0 Å². The summed E-state index contributed by atoms with van der Waals surface area (Å²) in [6.07, 6.45) is -0.102. The van der Waals surface area contributed by atoms with Crippen LogP contribution in [-0.2, 0) is 16.0 Å². The first-order chi connectivity index (χ1) is 10.9. The molecule has 23 heavy (non-hydrogen) atoms. The van der Waals surface area contributed by atoms with Crippen molar-refractivity contribution in [2.75, 3.05) is 6.61 Å². The van der Waals surface area contributed by atoms with E-state index in [0.29, 0.717) is 35.5 Å². The van der Waals surface area contributed by atoms with Crippen molar-refractivity contribution in [1.29, 1.82) is 0 Å². The molecule has 0 spiro atoms. The van der Waals surface area contributed by atoms with Gasteiger partial charge in [0.2, 0.25) is 0 Å². The Morgan fingerprint density at radius 3 is 2.52 bits per heavy atom.